The largest absolute Gasteiger partial charge is 0.375 e. The number of halogens is 1. The molecule has 0 spiro atoms. The highest BCUT2D eigenvalue weighted by Crippen LogP contribution is 2.41. The Morgan fingerprint density at radius 3 is 2.47 bits per heavy atom. The van der Waals surface area contributed by atoms with E-state index in [0.717, 1.165) is 11.3 Å². The van der Waals surface area contributed by atoms with Gasteiger partial charge in [-0.3, -0.25) is 0 Å². The number of hydrogen-bond donors (Lipinski definition) is 1. The molecule has 100 valence electrons. The normalized spacial score (nSPS) is 16.7. The van der Waals surface area contributed by atoms with Crippen molar-refractivity contribution in [1.29, 1.82) is 0 Å². The van der Waals surface area contributed by atoms with Gasteiger partial charge in [-0.2, -0.15) is 0 Å². The molecule has 1 aromatic carbocycles. The third-order valence-corrected chi connectivity index (χ3v) is 4.81. The summed E-state index contributed by atoms with van der Waals surface area (Å²) in [6.07, 6.45) is 6.33. The average molecular weight is 276 g/mol. The van der Waals surface area contributed by atoms with Gasteiger partial charge in [-0.05, 0) is 43.0 Å². The second-order valence-electron chi connectivity index (χ2n) is 5.11. The van der Waals surface area contributed by atoms with E-state index in [1.54, 1.807) is 23.5 Å². The predicted octanol–water partition coefficient (Wildman–Crippen LogP) is 4.58. The van der Waals surface area contributed by atoms with Crippen LogP contribution in [0.1, 0.15) is 42.9 Å². The van der Waals surface area contributed by atoms with Crippen molar-refractivity contribution >= 4 is 16.5 Å². The minimum atomic E-state index is -0.217. The molecule has 19 heavy (non-hydrogen) atoms. The highest BCUT2D eigenvalue weighted by Gasteiger charge is 2.22. The molecule has 1 aliphatic carbocycles. The molecule has 2 N–H and O–H groups in total. The maximum absolute atomic E-state index is 13.0. The number of hydrogen-bond acceptors (Lipinski definition) is 3. The summed E-state index contributed by atoms with van der Waals surface area (Å²) < 4.78 is 13.0. The fourth-order valence-electron chi connectivity index (χ4n) is 2.81. The Balaban J connectivity index is 1.98. The first kappa shape index (κ1) is 12.6. The second kappa shape index (κ2) is 5.29. The number of benzene rings is 1. The maximum atomic E-state index is 13.0. The SMILES string of the molecule is Nc1nc(-c2ccc(F)cc2)c(C2CCCCC2)s1. The van der Waals surface area contributed by atoms with Crippen LogP contribution in [0, 0.1) is 5.82 Å². The van der Waals surface area contributed by atoms with Gasteiger partial charge in [0.2, 0.25) is 0 Å². The fourth-order valence-corrected chi connectivity index (χ4v) is 3.83. The number of nitrogens with two attached hydrogens (primary N) is 1. The van der Waals surface area contributed by atoms with Crippen molar-refractivity contribution in [3.8, 4) is 11.3 Å². The van der Waals surface area contributed by atoms with Crippen molar-refractivity contribution in [2.24, 2.45) is 0 Å². The Morgan fingerprint density at radius 2 is 1.79 bits per heavy atom. The number of thiazole rings is 1. The van der Waals surface area contributed by atoms with Gasteiger partial charge in [0.15, 0.2) is 5.13 Å². The fraction of sp³-hybridized carbons (Fsp3) is 0.400. The zero-order chi connectivity index (χ0) is 13.2. The molecule has 1 aliphatic rings. The van der Waals surface area contributed by atoms with E-state index in [1.165, 1.54) is 49.1 Å². The first-order valence-electron chi connectivity index (χ1n) is 6.76. The summed E-state index contributed by atoms with van der Waals surface area (Å²) in [6, 6.07) is 6.54. The standard InChI is InChI=1S/C15H17FN2S/c16-12-8-6-10(7-9-12)13-14(19-15(17)18-13)11-4-2-1-3-5-11/h6-9,11H,1-5H2,(H2,17,18). The monoisotopic (exact) mass is 276 g/mol. The summed E-state index contributed by atoms with van der Waals surface area (Å²) >= 11 is 1.59. The second-order valence-corrected chi connectivity index (χ2v) is 6.17. The summed E-state index contributed by atoms with van der Waals surface area (Å²) in [4.78, 5) is 5.74. The van der Waals surface area contributed by atoms with Crippen molar-refractivity contribution in [1.82, 2.24) is 4.98 Å². The number of rotatable bonds is 2. The van der Waals surface area contributed by atoms with Gasteiger partial charge < -0.3 is 5.73 Å². The summed E-state index contributed by atoms with van der Waals surface area (Å²) in [5.41, 5.74) is 7.81. The Hall–Kier alpha value is -1.42. The molecule has 0 bridgehead atoms. The van der Waals surface area contributed by atoms with Gasteiger partial charge >= 0.3 is 0 Å². The molecule has 0 atom stereocenters. The van der Waals surface area contributed by atoms with E-state index in [2.05, 4.69) is 4.98 Å². The van der Waals surface area contributed by atoms with E-state index in [0.29, 0.717) is 11.0 Å². The average Bonchev–Trinajstić information content (AvgIpc) is 2.83. The van der Waals surface area contributed by atoms with E-state index in [9.17, 15) is 4.39 Å². The third kappa shape index (κ3) is 2.63. The van der Waals surface area contributed by atoms with Crippen molar-refractivity contribution in [3.63, 3.8) is 0 Å². The molecule has 0 amide bonds. The third-order valence-electron chi connectivity index (χ3n) is 3.76. The predicted molar refractivity (Wildman–Crippen MR) is 77.7 cm³/mol. The molecule has 1 aromatic heterocycles. The number of nitrogen functional groups attached to an aromatic ring is 1. The molecular weight excluding hydrogens is 259 g/mol. The smallest absolute Gasteiger partial charge is 0.180 e. The van der Waals surface area contributed by atoms with Gasteiger partial charge in [0.1, 0.15) is 5.82 Å². The van der Waals surface area contributed by atoms with E-state index in [-0.39, 0.29) is 5.82 Å². The molecular formula is C15H17FN2S. The molecule has 0 radical (unpaired) electrons. The van der Waals surface area contributed by atoms with Crippen LogP contribution in [-0.4, -0.2) is 4.98 Å². The summed E-state index contributed by atoms with van der Waals surface area (Å²) in [5, 5.41) is 0.611. The van der Waals surface area contributed by atoms with Crippen molar-refractivity contribution in [2.45, 2.75) is 38.0 Å². The van der Waals surface area contributed by atoms with Crippen LogP contribution in [0.2, 0.25) is 0 Å². The van der Waals surface area contributed by atoms with Crippen LogP contribution >= 0.6 is 11.3 Å². The molecule has 3 rings (SSSR count). The van der Waals surface area contributed by atoms with Gasteiger partial charge in [-0.1, -0.05) is 19.3 Å². The molecule has 0 unspecified atom stereocenters. The zero-order valence-electron chi connectivity index (χ0n) is 10.7. The van der Waals surface area contributed by atoms with Crippen LogP contribution in [0.15, 0.2) is 24.3 Å². The van der Waals surface area contributed by atoms with Crippen LogP contribution in [-0.2, 0) is 0 Å². The van der Waals surface area contributed by atoms with Crippen LogP contribution in [0.5, 0.6) is 0 Å². The molecule has 0 aliphatic heterocycles. The van der Waals surface area contributed by atoms with Gasteiger partial charge in [0.25, 0.3) is 0 Å². The number of nitrogens with zero attached hydrogens (tertiary/aromatic N) is 1. The van der Waals surface area contributed by atoms with Crippen LogP contribution in [0.25, 0.3) is 11.3 Å². The Bertz CT molecular complexity index is 556. The van der Waals surface area contributed by atoms with E-state index in [1.807, 2.05) is 0 Å². The van der Waals surface area contributed by atoms with Crippen molar-refractivity contribution in [3.05, 3.63) is 35.0 Å². The molecule has 2 aromatic rings. The molecule has 0 saturated heterocycles. The summed E-state index contributed by atoms with van der Waals surface area (Å²) in [6.45, 7) is 0. The van der Waals surface area contributed by atoms with E-state index >= 15 is 0 Å². The lowest BCUT2D eigenvalue weighted by atomic mass is 9.87. The Labute approximate surface area is 116 Å². The molecule has 1 fully saturated rings. The van der Waals surface area contributed by atoms with E-state index < -0.39 is 0 Å². The number of anilines is 1. The van der Waals surface area contributed by atoms with Gasteiger partial charge in [-0.25, -0.2) is 9.37 Å². The zero-order valence-corrected chi connectivity index (χ0v) is 11.5. The minimum Gasteiger partial charge on any atom is -0.375 e. The van der Waals surface area contributed by atoms with Crippen LogP contribution < -0.4 is 5.73 Å². The van der Waals surface area contributed by atoms with Gasteiger partial charge in [0, 0.05) is 10.4 Å². The van der Waals surface area contributed by atoms with Crippen molar-refractivity contribution in [2.75, 3.05) is 5.73 Å². The maximum Gasteiger partial charge on any atom is 0.180 e. The van der Waals surface area contributed by atoms with Crippen LogP contribution in [0.4, 0.5) is 9.52 Å². The van der Waals surface area contributed by atoms with Gasteiger partial charge in [0.05, 0.1) is 5.69 Å². The quantitative estimate of drug-likeness (QED) is 0.872. The highest BCUT2D eigenvalue weighted by molar-refractivity contribution is 7.15. The van der Waals surface area contributed by atoms with Crippen LogP contribution in [0.3, 0.4) is 0 Å². The molecule has 1 heterocycles. The van der Waals surface area contributed by atoms with Gasteiger partial charge in [-0.15, -0.1) is 11.3 Å². The first-order chi connectivity index (χ1) is 9.24. The summed E-state index contributed by atoms with van der Waals surface area (Å²) in [7, 11) is 0. The Morgan fingerprint density at radius 1 is 1.11 bits per heavy atom. The topological polar surface area (TPSA) is 38.9 Å². The Kier molecular flexibility index (Phi) is 3.51. The molecule has 1 saturated carbocycles. The van der Waals surface area contributed by atoms with E-state index in [4.69, 9.17) is 5.73 Å². The molecule has 4 heteroatoms. The minimum absolute atomic E-state index is 0.217. The lowest BCUT2D eigenvalue weighted by Gasteiger charge is -2.21. The lowest BCUT2D eigenvalue weighted by molar-refractivity contribution is 0.448. The van der Waals surface area contributed by atoms with Crippen molar-refractivity contribution < 1.29 is 4.39 Å². The summed E-state index contributed by atoms with van der Waals surface area (Å²) in [5.74, 6) is 0.356. The highest BCUT2D eigenvalue weighted by atomic mass is 32.1. The first-order valence-corrected chi connectivity index (χ1v) is 7.58. The molecule has 2 nitrogen and oxygen atoms in total. The lowest BCUT2D eigenvalue weighted by Crippen LogP contribution is -2.04. The number of aromatic nitrogens is 1.